The largest absolute Gasteiger partial charge is 0.290 e. The summed E-state index contributed by atoms with van der Waals surface area (Å²) in [4.78, 5) is 16.3. The molecule has 0 unspecified atom stereocenters. The minimum atomic E-state index is -3.82. The average Bonchev–Trinajstić information content (AvgIpc) is 2.50. The molecule has 5 nitrogen and oxygen atoms in total. The van der Waals surface area contributed by atoms with Crippen molar-refractivity contribution in [1.82, 2.24) is 0 Å². The number of hydrogen-bond donors (Lipinski definition) is 0. The molecule has 0 fully saturated rings. The highest BCUT2D eigenvalue weighted by molar-refractivity contribution is 7.90. The van der Waals surface area contributed by atoms with Crippen molar-refractivity contribution >= 4 is 27.4 Å². The molecule has 1 aliphatic carbocycles. The summed E-state index contributed by atoms with van der Waals surface area (Å²) in [6.45, 7) is 9.05. The van der Waals surface area contributed by atoms with Crippen LogP contribution in [0.15, 0.2) is 61.8 Å². The van der Waals surface area contributed by atoms with E-state index in [1.807, 2.05) is 20.8 Å². The van der Waals surface area contributed by atoms with Crippen LogP contribution in [-0.4, -0.2) is 25.7 Å². The number of sulfonamides is 1. The number of aryl methyl sites for hydroxylation is 1. The van der Waals surface area contributed by atoms with Gasteiger partial charge in [0.25, 0.3) is 10.0 Å². The monoisotopic (exact) mass is 358 g/mol. The highest BCUT2D eigenvalue weighted by atomic mass is 32.2. The predicted molar refractivity (Wildman–Crippen MR) is 101 cm³/mol. The van der Waals surface area contributed by atoms with Crippen molar-refractivity contribution in [3.05, 3.63) is 53.1 Å². The van der Waals surface area contributed by atoms with Crippen molar-refractivity contribution in [1.29, 1.82) is 0 Å². The van der Waals surface area contributed by atoms with Crippen molar-refractivity contribution in [2.24, 2.45) is 15.3 Å². The Morgan fingerprint density at radius 1 is 1.04 bits per heavy atom. The lowest BCUT2D eigenvalue weighted by atomic mass is 9.90. The molecular formula is C19H22N2O3S. The van der Waals surface area contributed by atoms with Crippen molar-refractivity contribution in [3.8, 4) is 0 Å². The number of ketones is 1. The summed E-state index contributed by atoms with van der Waals surface area (Å²) in [5.74, 6) is 0.165. The molecule has 0 radical (unpaired) electrons. The molecule has 0 aromatic heterocycles. The van der Waals surface area contributed by atoms with Crippen LogP contribution in [0, 0.1) is 12.8 Å². The third-order valence-corrected chi connectivity index (χ3v) is 5.17. The molecule has 132 valence electrons. The number of carbonyl (C=O) groups is 1. The van der Waals surface area contributed by atoms with Gasteiger partial charge in [-0.05, 0) is 62.1 Å². The van der Waals surface area contributed by atoms with Gasteiger partial charge in [-0.3, -0.25) is 4.79 Å². The molecule has 0 N–H and O–H groups in total. The lowest BCUT2D eigenvalue weighted by molar-refractivity contribution is -0.111. The van der Waals surface area contributed by atoms with Gasteiger partial charge in [-0.2, -0.15) is 8.42 Å². The molecule has 0 amide bonds. The normalized spacial score (nSPS) is 17.8. The topological polar surface area (TPSA) is 75.9 Å². The molecule has 0 saturated carbocycles. The van der Waals surface area contributed by atoms with E-state index in [1.54, 1.807) is 31.2 Å². The number of amidine groups is 1. The van der Waals surface area contributed by atoms with E-state index in [-0.39, 0.29) is 22.4 Å². The smallest absolute Gasteiger partial charge is 0.283 e. The molecule has 0 bridgehead atoms. The number of aliphatic imine (C=N–C) groups is 1. The second kappa shape index (κ2) is 7.27. The maximum absolute atomic E-state index is 12.4. The van der Waals surface area contributed by atoms with Crippen LogP contribution in [0.25, 0.3) is 0 Å². The molecule has 0 saturated heterocycles. The molecule has 0 atom stereocenters. The van der Waals surface area contributed by atoms with Gasteiger partial charge >= 0.3 is 0 Å². The quantitative estimate of drug-likeness (QED) is 0.470. The van der Waals surface area contributed by atoms with Crippen LogP contribution in [0.1, 0.15) is 33.3 Å². The van der Waals surface area contributed by atoms with Crippen molar-refractivity contribution < 1.29 is 13.2 Å². The first-order chi connectivity index (χ1) is 11.6. The van der Waals surface area contributed by atoms with Crippen molar-refractivity contribution in [3.63, 3.8) is 0 Å². The summed E-state index contributed by atoms with van der Waals surface area (Å²) >= 11 is 0. The Kier molecular flexibility index (Phi) is 5.52. The summed E-state index contributed by atoms with van der Waals surface area (Å²) in [7, 11) is -3.82. The number of benzene rings is 1. The lowest BCUT2D eigenvalue weighted by Gasteiger charge is -2.16. The Hall–Kier alpha value is -2.34. The van der Waals surface area contributed by atoms with Crippen LogP contribution in [0.3, 0.4) is 0 Å². The number of hydrogen-bond acceptors (Lipinski definition) is 3. The zero-order valence-corrected chi connectivity index (χ0v) is 15.9. The standard InChI is InChI=1S/C19H22N2O3S/c1-12(2)17-11-19(22)14(4)10-18(17)20-15(5)21-25(23,24)16-8-6-13(3)7-9-16/h6-12H,1-5H3. The minimum Gasteiger partial charge on any atom is -0.290 e. The van der Waals surface area contributed by atoms with Crippen molar-refractivity contribution in [2.45, 2.75) is 39.5 Å². The summed E-state index contributed by atoms with van der Waals surface area (Å²) in [6.07, 6.45) is 3.23. The van der Waals surface area contributed by atoms with Gasteiger partial charge in [0.05, 0.1) is 10.6 Å². The zero-order chi connectivity index (χ0) is 18.8. The van der Waals surface area contributed by atoms with Crippen LogP contribution < -0.4 is 0 Å². The van der Waals surface area contributed by atoms with E-state index < -0.39 is 10.0 Å². The van der Waals surface area contributed by atoms with E-state index in [0.717, 1.165) is 11.1 Å². The van der Waals surface area contributed by atoms with Gasteiger partial charge in [-0.25, -0.2) is 4.99 Å². The van der Waals surface area contributed by atoms with Gasteiger partial charge in [-0.1, -0.05) is 31.5 Å². The fourth-order valence-corrected chi connectivity index (χ4v) is 3.35. The molecule has 1 aromatic carbocycles. The van der Waals surface area contributed by atoms with Gasteiger partial charge in [0.2, 0.25) is 0 Å². The fourth-order valence-electron chi connectivity index (χ4n) is 2.38. The van der Waals surface area contributed by atoms with Crippen LogP contribution in [0.5, 0.6) is 0 Å². The van der Waals surface area contributed by atoms with Gasteiger partial charge in [-0.15, -0.1) is 4.40 Å². The summed E-state index contributed by atoms with van der Waals surface area (Å²) in [6, 6.07) is 6.50. The SMILES string of the molecule is CC1=CC(=NC(C)=NS(=O)(=O)c2ccc(C)cc2)C(C(C)C)=CC1=O. The van der Waals surface area contributed by atoms with Crippen LogP contribution in [0.2, 0.25) is 0 Å². The first kappa shape index (κ1) is 19.0. The van der Waals surface area contributed by atoms with E-state index in [2.05, 4.69) is 9.39 Å². The van der Waals surface area contributed by atoms with Crippen LogP contribution in [-0.2, 0) is 14.8 Å². The summed E-state index contributed by atoms with van der Waals surface area (Å²) < 4.78 is 28.6. The fraction of sp³-hybridized carbons (Fsp3) is 0.316. The lowest BCUT2D eigenvalue weighted by Crippen LogP contribution is -2.17. The Balaban J connectivity index is 2.42. The Morgan fingerprint density at radius 2 is 1.64 bits per heavy atom. The van der Waals surface area contributed by atoms with E-state index in [9.17, 15) is 13.2 Å². The van der Waals surface area contributed by atoms with Crippen LogP contribution >= 0.6 is 0 Å². The second-order valence-corrected chi connectivity index (χ2v) is 7.97. The number of nitrogens with zero attached hydrogens (tertiary/aromatic N) is 2. The van der Waals surface area contributed by atoms with Crippen LogP contribution in [0.4, 0.5) is 0 Å². The highest BCUT2D eigenvalue weighted by Crippen LogP contribution is 2.20. The molecule has 2 rings (SSSR count). The minimum absolute atomic E-state index is 0.0514. The molecule has 0 aliphatic heterocycles. The third kappa shape index (κ3) is 4.60. The van der Waals surface area contributed by atoms with E-state index in [1.165, 1.54) is 19.1 Å². The van der Waals surface area contributed by atoms with Gasteiger partial charge in [0.1, 0.15) is 5.84 Å². The second-order valence-electron chi connectivity index (χ2n) is 6.37. The first-order valence-electron chi connectivity index (χ1n) is 8.01. The van der Waals surface area contributed by atoms with E-state index in [4.69, 9.17) is 0 Å². The molecule has 0 heterocycles. The first-order valence-corrected chi connectivity index (χ1v) is 9.45. The Labute approximate surface area is 149 Å². The van der Waals surface area contributed by atoms with E-state index in [0.29, 0.717) is 11.3 Å². The van der Waals surface area contributed by atoms with Gasteiger partial charge in [0, 0.05) is 0 Å². The Morgan fingerprint density at radius 3 is 2.20 bits per heavy atom. The average molecular weight is 358 g/mol. The molecular weight excluding hydrogens is 336 g/mol. The molecule has 1 aromatic rings. The van der Waals surface area contributed by atoms with Gasteiger partial charge < -0.3 is 0 Å². The zero-order valence-electron chi connectivity index (χ0n) is 15.1. The van der Waals surface area contributed by atoms with Crippen molar-refractivity contribution in [2.75, 3.05) is 0 Å². The molecule has 1 aliphatic rings. The number of allylic oxidation sites excluding steroid dienone is 4. The van der Waals surface area contributed by atoms with Gasteiger partial charge in [0.15, 0.2) is 5.78 Å². The summed E-state index contributed by atoms with van der Waals surface area (Å²) in [5.41, 5.74) is 2.89. The summed E-state index contributed by atoms with van der Waals surface area (Å²) in [5, 5.41) is 0. The molecule has 6 heteroatoms. The maximum atomic E-state index is 12.4. The highest BCUT2D eigenvalue weighted by Gasteiger charge is 2.19. The van der Waals surface area contributed by atoms with E-state index >= 15 is 0 Å². The molecule has 0 spiro atoms. The predicted octanol–water partition coefficient (Wildman–Crippen LogP) is 3.65. The number of carbonyl (C=O) groups excluding carboxylic acids is 1. The third-order valence-electron chi connectivity index (χ3n) is 3.80. The maximum Gasteiger partial charge on any atom is 0.283 e. The molecule has 25 heavy (non-hydrogen) atoms. The number of rotatable bonds is 3. The Bertz CT molecular complexity index is 916.